The molecule has 7 heteroatoms. The first-order valence-corrected chi connectivity index (χ1v) is 6.54. The fraction of sp³-hybridized carbons (Fsp3) is 0.875. The minimum Gasteiger partial charge on any atom is -0.394 e. The molecule has 1 saturated heterocycles. The maximum absolute atomic E-state index is 11.2. The van der Waals surface area contributed by atoms with Crippen molar-refractivity contribution in [3.8, 4) is 0 Å². The van der Waals surface area contributed by atoms with Crippen molar-refractivity contribution in [2.75, 3.05) is 31.3 Å². The van der Waals surface area contributed by atoms with Crippen molar-refractivity contribution in [1.82, 2.24) is 5.32 Å². The van der Waals surface area contributed by atoms with Crippen molar-refractivity contribution >= 4 is 15.7 Å². The summed E-state index contributed by atoms with van der Waals surface area (Å²) in [4.78, 5) is 11.2. The Kier molecular flexibility index (Phi) is 4.49. The van der Waals surface area contributed by atoms with E-state index in [1.54, 1.807) is 0 Å². The first kappa shape index (κ1) is 12.4. The second kappa shape index (κ2) is 5.43. The molecule has 0 radical (unpaired) electrons. The van der Waals surface area contributed by atoms with Crippen molar-refractivity contribution in [2.24, 2.45) is 0 Å². The van der Waals surface area contributed by atoms with Gasteiger partial charge in [0.15, 0.2) is 9.84 Å². The first-order chi connectivity index (χ1) is 7.03. The molecule has 0 bridgehead atoms. The average Bonchev–Trinajstić information content (AvgIpc) is 2.46. The molecule has 1 aliphatic heterocycles. The highest BCUT2D eigenvalue weighted by Crippen LogP contribution is 2.10. The number of sulfone groups is 1. The molecule has 88 valence electrons. The van der Waals surface area contributed by atoms with Crippen LogP contribution in [0.25, 0.3) is 0 Å². The highest BCUT2D eigenvalue weighted by atomic mass is 32.2. The molecule has 1 unspecified atom stereocenters. The minimum absolute atomic E-state index is 0.0126. The van der Waals surface area contributed by atoms with Gasteiger partial charge >= 0.3 is 0 Å². The Morgan fingerprint density at radius 2 is 2.27 bits per heavy atom. The van der Waals surface area contributed by atoms with Crippen molar-refractivity contribution in [1.29, 1.82) is 0 Å². The van der Waals surface area contributed by atoms with Crippen LogP contribution in [-0.2, 0) is 19.4 Å². The number of carbonyl (C=O) groups is 1. The summed E-state index contributed by atoms with van der Waals surface area (Å²) in [7, 11) is -2.96. The Bertz CT molecular complexity index is 313. The molecule has 0 aromatic heterocycles. The fourth-order valence-corrected chi connectivity index (χ4v) is 3.08. The molecule has 0 aromatic rings. The van der Waals surface area contributed by atoms with Crippen molar-refractivity contribution in [3.05, 3.63) is 0 Å². The van der Waals surface area contributed by atoms with E-state index in [0.717, 1.165) is 0 Å². The summed E-state index contributed by atoms with van der Waals surface area (Å²) in [5, 5.41) is 11.0. The zero-order valence-electron chi connectivity index (χ0n) is 8.31. The number of hydrogen-bond donors (Lipinski definition) is 2. The van der Waals surface area contributed by atoms with E-state index in [9.17, 15) is 13.2 Å². The second-order valence-corrected chi connectivity index (χ2v) is 5.67. The second-order valence-electron chi connectivity index (χ2n) is 3.44. The van der Waals surface area contributed by atoms with Gasteiger partial charge in [0.05, 0.1) is 24.7 Å². The van der Waals surface area contributed by atoms with E-state index in [4.69, 9.17) is 9.84 Å². The highest BCUT2D eigenvalue weighted by Gasteiger charge is 2.28. The van der Waals surface area contributed by atoms with Crippen molar-refractivity contribution in [3.63, 3.8) is 0 Å². The van der Waals surface area contributed by atoms with Crippen LogP contribution >= 0.6 is 0 Å². The normalized spacial score (nSPS) is 23.9. The van der Waals surface area contributed by atoms with Gasteiger partial charge in [-0.15, -0.1) is 0 Å². The number of ether oxygens (including phenoxy) is 1. The van der Waals surface area contributed by atoms with Crippen LogP contribution in [0.2, 0.25) is 0 Å². The predicted molar refractivity (Wildman–Crippen MR) is 53.1 cm³/mol. The van der Waals surface area contributed by atoms with Gasteiger partial charge in [0.25, 0.3) is 0 Å². The van der Waals surface area contributed by atoms with Gasteiger partial charge < -0.3 is 15.2 Å². The lowest BCUT2D eigenvalue weighted by atomic mass is 10.2. The number of nitrogens with one attached hydrogen (secondary N) is 1. The molecule has 1 fully saturated rings. The minimum atomic E-state index is -2.96. The number of aliphatic hydroxyl groups excluding tert-OH is 1. The topological polar surface area (TPSA) is 92.7 Å². The monoisotopic (exact) mass is 237 g/mol. The summed E-state index contributed by atoms with van der Waals surface area (Å²) < 4.78 is 26.9. The molecular formula is C8H15NO5S. The van der Waals surface area contributed by atoms with E-state index in [-0.39, 0.29) is 43.3 Å². The molecule has 0 saturated carbocycles. The van der Waals surface area contributed by atoms with Gasteiger partial charge in [-0.2, -0.15) is 0 Å². The third kappa shape index (κ3) is 4.59. The highest BCUT2D eigenvalue weighted by molar-refractivity contribution is 7.91. The van der Waals surface area contributed by atoms with E-state index in [1.807, 2.05) is 0 Å². The molecule has 0 aromatic carbocycles. The van der Waals surface area contributed by atoms with Crippen LogP contribution in [0, 0.1) is 0 Å². The number of rotatable bonds is 5. The van der Waals surface area contributed by atoms with Gasteiger partial charge in [-0.05, 0) is 6.42 Å². The summed E-state index contributed by atoms with van der Waals surface area (Å²) in [6, 6.07) is -0.291. The maximum Gasteiger partial charge on any atom is 0.246 e. The van der Waals surface area contributed by atoms with Crippen molar-refractivity contribution in [2.45, 2.75) is 12.5 Å². The fourth-order valence-electron chi connectivity index (χ4n) is 1.41. The summed E-state index contributed by atoms with van der Waals surface area (Å²) >= 11 is 0. The van der Waals surface area contributed by atoms with E-state index in [2.05, 4.69) is 5.32 Å². The lowest BCUT2D eigenvalue weighted by Gasteiger charge is -2.10. The zero-order chi connectivity index (χ0) is 11.3. The van der Waals surface area contributed by atoms with Crippen LogP contribution in [0.1, 0.15) is 6.42 Å². The Morgan fingerprint density at radius 1 is 1.53 bits per heavy atom. The Hall–Kier alpha value is -0.660. The van der Waals surface area contributed by atoms with Crippen LogP contribution in [0.15, 0.2) is 0 Å². The summed E-state index contributed by atoms with van der Waals surface area (Å²) in [6.45, 7) is -0.168. The van der Waals surface area contributed by atoms with Gasteiger partial charge in [-0.25, -0.2) is 8.42 Å². The average molecular weight is 237 g/mol. The lowest BCUT2D eigenvalue weighted by Crippen LogP contribution is -2.38. The standard InChI is InChI=1S/C8H15NO5S/c10-2-3-14-5-8(11)9-7-1-4-15(12,13)6-7/h7,10H,1-6H2,(H,9,11). The van der Waals surface area contributed by atoms with Gasteiger partial charge in [0, 0.05) is 6.04 Å². The summed E-state index contributed by atoms with van der Waals surface area (Å²) in [5.41, 5.74) is 0. The molecule has 2 N–H and O–H groups in total. The van der Waals surface area contributed by atoms with Crippen LogP contribution in [0.4, 0.5) is 0 Å². The number of aliphatic hydroxyl groups is 1. The molecule has 0 aliphatic carbocycles. The number of amides is 1. The largest absolute Gasteiger partial charge is 0.394 e. The zero-order valence-corrected chi connectivity index (χ0v) is 9.12. The van der Waals surface area contributed by atoms with Gasteiger partial charge in [0.1, 0.15) is 6.61 Å². The maximum atomic E-state index is 11.2. The molecule has 15 heavy (non-hydrogen) atoms. The smallest absolute Gasteiger partial charge is 0.246 e. The lowest BCUT2D eigenvalue weighted by molar-refractivity contribution is -0.126. The summed E-state index contributed by atoms with van der Waals surface area (Å²) in [6.07, 6.45) is 0.466. The van der Waals surface area contributed by atoms with Crippen LogP contribution in [0.3, 0.4) is 0 Å². The van der Waals surface area contributed by atoms with Crippen LogP contribution in [0.5, 0.6) is 0 Å². The Morgan fingerprint density at radius 3 is 2.80 bits per heavy atom. The van der Waals surface area contributed by atoms with Gasteiger partial charge in [-0.3, -0.25) is 4.79 Å². The third-order valence-electron chi connectivity index (χ3n) is 2.07. The van der Waals surface area contributed by atoms with E-state index in [0.29, 0.717) is 6.42 Å². The third-order valence-corrected chi connectivity index (χ3v) is 3.83. The molecule has 1 rings (SSSR count). The molecule has 1 atom stereocenters. The van der Waals surface area contributed by atoms with Crippen LogP contribution < -0.4 is 5.32 Å². The summed E-state index contributed by atoms with van der Waals surface area (Å²) in [5.74, 6) is -0.195. The molecular weight excluding hydrogens is 222 g/mol. The number of carbonyl (C=O) groups excluding carboxylic acids is 1. The predicted octanol–water partition coefficient (Wildman–Crippen LogP) is -1.70. The molecule has 1 heterocycles. The van der Waals surface area contributed by atoms with Gasteiger partial charge in [-0.1, -0.05) is 0 Å². The molecule has 6 nitrogen and oxygen atoms in total. The van der Waals surface area contributed by atoms with E-state index in [1.165, 1.54) is 0 Å². The van der Waals surface area contributed by atoms with E-state index < -0.39 is 9.84 Å². The Labute approximate surface area is 88.5 Å². The van der Waals surface area contributed by atoms with Gasteiger partial charge in [0.2, 0.25) is 5.91 Å². The Balaban J connectivity index is 2.22. The first-order valence-electron chi connectivity index (χ1n) is 4.72. The quantitative estimate of drug-likeness (QED) is 0.556. The van der Waals surface area contributed by atoms with Crippen molar-refractivity contribution < 1.29 is 23.1 Å². The van der Waals surface area contributed by atoms with E-state index >= 15 is 0 Å². The molecule has 1 amide bonds. The number of hydrogen-bond acceptors (Lipinski definition) is 5. The van der Waals surface area contributed by atoms with Crippen LogP contribution in [-0.4, -0.2) is 56.8 Å². The SMILES string of the molecule is O=C(COCCO)NC1CCS(=O)(=O)C1. The molecule has 1 aliphatic rings. The molecule has 0 spiro atoms.